The molecular weight excluding hydrogens is 232 g/mol. The third-order valence-corrected chi connectivity index (χ3v) is 3.96. The number of nitrogens with one attached hydrogen (secondary N) is 1. The minimum Gasteiger partial charge on any atom is -0.381 e. The number of hydrogen-bond donors (Lipinski definition) is 1. The molecule has 3 rings (SSSR count). The maximum Gasteiger partial charge on any atom is 0.124 e. The fourth-order valence-electron chi connectivity index (χ4n) is 2.87. The summed E-state index contributed by atoms with van der Waals surface area (Å²) in [5.41, 5.74) is 1.01. The standard InChI is InChI=1S/C13H20N2O3/c1-5-17-13(3-7-16-8-4-13)9-11(1)14-10-12-2-6-18-15-12/h2,6,11,14H,1,3-5,7-10H2. The average molecular weight is 252 g/mol. The lowest BCUT2D eigenvalue weighted by molar-refractivity contribution is -0.140. The highest BCUT2D eigenvalue weighted by molar-refractivity contribution is 4.97. The molecule has 1 aromatic heterocycles. The molecule has 0 amide bonds. The molecule has 2 fully saturated rings. The second-order valence-corrected chi connectivity index (χ2v) is 5.21. The van der Waals surface area contributed by atoms with Crippen LogP contribution in [0.4, 0.5) is 0 Å². The van der Waals surface area contributed by atoms with Crippen LogP contribution in [0.1, 0.15) is 31.4 Å². The minimum atomic E-state index is 0.0536. The third-order valence-electron chi connectivity index (χ3n) is 3.96. The zero-order chi connectivity index (χ0) is 12.3. The first-order chi connectivity index (χ1) is 8.86. The van der Waals surface area contributed by atoms with E-state index in [1.807, 2.05) is 6.07 Å². The number of hydrogen-bond acceptors (Lipinski definition) is 5. The summed E-state index contributed by atoms with van der Waals surface area (Å²) < 4.78 is 16.3. The fraction of sp³-hybridized carbons (Fsp3) is 0.769. The Balaban J connectivity index is 1.53. The molecule has 5 nitrogen and oxygen atoms in total. The molecule has 1 spiro atoms. The summed E-state index contributed by atoms with van der Waals surface area (Å²) in [6, 6.07) is 2.41. The van der Waals surface area contributed by atoms with Crippen molar-refractivity contribution in [1.29, 1.82) is 0 Å². The largest absolute Gasteiger partial charge is 0.381 e. The van der Waals surface area contributed by atoms with Gasteiger partial charge in [-0.05, 0) is 25.7 Å². The molecular formula is C13H20N2O3. The van der Waals surface area contributed by atoms with Crippen LogP contribution in [0, 0.1) is 0 Å². The van der Waals surface area contributed by atoms with Crippen molar-refractivity contribution < 1.29 is 14.0 Å². The first kappa shape index (κ1) is 12.1. The summed E-state index contributed by atoms with van der Waals surface area (Å²) in [6.07, 6.45) is 5.81. The van der Waals surface area contributed by atoms with E-state index in [1.54, 1.807) is 6.26 Å². The summed E-state index contributed by atoms with van der Waals surface area (Å²) in [5, 5.41) is 7.47. The Hall–Kier alpha value is -0.910. The zero-order valence-corrected chi connectivity index (χ0v) is 10.6. The van der Waals surface area contributed by atoms with Gasteiger partial charge in [-0.2, -0.15) is 0 Å². The molecule has 2 saturated heterocycles. The Morgan fingerprint density at radius 2 is 2.22 bits per heavy atom. The highest BCUT2D eigenvalue weighted by Crippen LogP contribution is 2.34. The molecule has 1 aromatic rings. The molecule has 2 aliphatic heterocycles. The van der Waals surface area contributed by atoms with E-state index in [1.165, 1.54) is 0 Å². The molecule has 100 valence electrons. The molecule has 0 aliphatic carbocycles. The molecule has 0 bridgehead atoms. The van der Waals surface area contributed by atoms with E-state index in [0.717, 1.165) is 57.7 Å². The smallest absolute Gasteiger partial charge is 0.124 e. The van der Waals surface area contributed by atoms with Gasteiger partial charge in [-0.1, -0.05) is 5.16 Å². The summed E-state index contributed by atoms with van der Waals surface area (Å²) in [6.45, 7) is 3.27. The van der Waals surface area contributed by atoms with Gasteiger partial charge in [0.05, 0.1) is 11.3 Å². The van der Waals surface area contributed by atoms with E-state index >= 15 is 0 Å². The Labute approximate surface area is 107 Å². The number of aromatic nitrogens is 1. The van der Waals surface area contributed by atoms with Crippen LogP contribution in [0.3, 0.4) is 0 Å². The predicted octanol–water partition coefficient (Wildman–Crippen LogP) is 1.49. The number of ether oxygens (including phenoxy) is 2. The van der Waals surface area contributed by atoms with Gasteiger partial charge < -0.3 is 19.3 Å². The van der Waals surface area contributed by atoms with Gasteiger partial charge in [-0.15, -0.1) is 0 Å². The Bertz CT molecular complexity index is 355. The second-order valence-electron chi connectivity index (χ2n) is 5.21. The van der Waals surface area contributed by atoms with Gasteiger partial charge in [0, 0.05) is 38.5 Å². The van der Waals surface area contributed by atoms with E-state index in [2.05, 4.69) is 10.5 Å². The van der Waals surface area contributed by atoms with Gasteiger partial charge in [0.2, 0.25) is 0 Å². The summed E-state index contributed by atoms with van der Waals surface area (Å²) in [7, 11) is 0. The Kier molecular flexibility index (Phi) is 3.63. The molecule has 2 aliphatic rings. The van der Waals surface area contributed by atoms with Crippen LogP contribution in [-0.2, 0) is 16.0 Å². The van der Waals surface area contributed by atoms with Crippen molar-refractivity contribution >= 4 is 0 Å². The van der Waals surface area contributed by atoms with Gasteiger partial charge in [0.1, 0.15) is 6.26 Å². The lowest BCUT2D eigenvalue weighted by Crippen LogP contribution is -2.49. The second kappa shape index (κ2) is 5.38. The lowest BCUT2D eigenvalue weighted by Gasteiger charge is -2.43. The monoisotopic (exact) mass is 252 g/mol. The van der Waals surface area contributed by atoms with Gasteiger partial charge in [0.15, 0.2) is 0 Å². The van der Waals surface area contributed by atoms with Crippen LogP contribution in [0.5, 0.6) is 0 Å². The maximum absolute atomic E-state index is 6.02. The molecule has 18 heavy (non-hydrogen) atoms. The molecule has 5 heteroatoms. The zero-order valence-electron chi connectivity index (χ0n) is 10.6. The van der Waals surface area contributed by atoms with Gasteiger partial charge in [-0.25, -0.2) is 0 Å². The Morgan fingerprint density at radius 1 is 1.33 bits per heavy atom. The highest BCUT2D eigenvalue weighted by atomic mass is 16.5. The van der Waals surface area contributed by atoms with Crippen LogP contribution in [-0.4, -0.2) is 36.6 Å². The third kappa shape index (κ3) is 2.74. The first-order valence-electron chi connectivity index (χ1n) is 6.71. The fourth-order valence-corrected chi connectivity index (χ4v) is 2.87. The molecule has 1 atom stereocenters. The summed E-state index contributed by atoms with van der Waals surface area (Å²) >= 11 is 0. The van der Waals surface area contributed by atoms with Gasteiger partial charge in [0.25, 0.3) is 0 Å². The normalized spacial score (nSPS) is 27.4. The number of rotatable bonds is 3. The van der Waals surface area contributed by atoms with Crippen LogP contribution >= 0.6 is 0 Å². The molecule has 1 unspecified atom stereocenters. The van der Waals surface area contributed by atoms with Crippen molar-refractivity contribution in [3.63, 3.8) is 0 Å². The van der Waals surface area contributed by atoms with Crippen molar-refractivity contribution in [1.82, 2.24) is 10.5 Å². The van der Waals surface area contributed by atoms with E-state index in [4.69, 9.17) is 14.0 Å². The minimum absolute atomic E-state index is 0.0536. The Morgan fingerprint density at radius 3 is 3.00 bits per heavy atom. The summed E-state index contributed by atoms with van der Waals surface area (Å²) in [5.74, 6) is 0. The molecule has 1 N–H and O–H groups in total. The van der Waals surface area contributed by atoms with E-state index in [-0.39, 0.29) is 5.60 Å². The first-order valence-corrected chi connectivity index (χ1v) is 6.71. The molecule has 0 saturated carbocycles. The van der Waals surface area contributed by atoms with Crippen molar-refractivity contribution in [3.05, 3.63) is 18.0 Å². The van der Waals surface area contributed by atoms with E-state index in [9.17, 15) is 0 Å². The topological polar surface area (TPSA) is 56.5 Å². The molecule has 0 aromatic carbocycles. The van der Waals surface area contributed by atoms with Crippen molar-refractivity contribution in [2.24, 2.45) is 0 Å². The van der Waals surface area contributed by atoms with Crippen LogP contribution < -0.4 is 5.32 Å². The highest BCUT2D eigenvalue weighted by Gasteiger charge is 2.38. The quantitative estimate of drug-likeness (QED) is 0.883. The average Bonchev–Trinajstić information content (AvgIpc) is 2.91. The number of nitrogens with zero attached hydrogens (tertiary/aromatic N) is 1. The molecule has 3 heterocycles. The van der Waals surface area contributed by atoms with Crippen molar-refractivity contribution in [2.45, 2.75) is 43.9 Å². The molecule has 0 radical (unpaired) electrons. The maximum atomic E-state index is 6.02. The predicted molar refractivity (Wildman–Crippen MR) is 65.1 cm³/mol. The SMILES string of the molecule is c1cc(CNC2CCOC3(CCOCC3)C2)no1. The summed E-state index contributed by atoms with van der Waals surface area (Å²) in [4.78, 5) is 0. The van der Waals surface area contributed by atoms with Gasteiger partial charge >= 0.3 is 0 Å². The van der Waals surface area contributed by atoms with Crippen molar-refractivity contribution in [3.8, 4) is 0 Å². The van der Waals surface area contributed by atoms with Crippen LogP contribution in [0.25, 0.3) is 0 Å². The lowest BCUT2D eigenvalue weighted by atomic mass is 9.84. The van der Waals surface area contributed by atoms with Crippen molar-refractivity contribution in [2.75, 3.05) is 19.8 Å². The van der Waals surface area contributed by atoms with E-state index < -0.39 is 0 Å². The van der Waals surface area contributed by atoms with Crippen LogP contribution in [0.2, 0.25) is 0 Å². The van der Waals surface area contributed by atoms with Crippen LogP contribution in [0.15, 0.2) is 16.9 Å². The van der Waals surface area contributed by atoms with E-state index in [0.29, 0.717) is 6.04 Å². The van der Waals surface area contributed by atoms with Gasteiger partial charge in [-0.3, -0.25) is 0 Å².